The maximum absolute atomic E-state index is 13.1. The van der Waals surface area contributed by atoms with Crippen molar-refractivity contribution in [2.45, 2.75) is 39.0 Å². The van der Waals surface area contributed by atoms with E-state index in [0.29, 0.717) is 18.0 Å². The van der Waals surface area contributed by atoms with Crippen LogP contribution >= 0.6 is 0 Å². The Morgan fingerprint density at radius 2 is 2.00 bits per heavy atom. The number of aromatic amines is 2. The fourth-order valence-electron chi connectivity index (χ4n) is 4.38. The van der Waals surface area contributed by atoms with E-state index < -0.39 is 0 Å². The van der Waals surface area contributed by atoms with Crippen LogP contribution in [0.25, 0.3) is 10.9 Å². The average Bonchev–Trinajstić information content (AvgIpc) is 3.40. The molecule has 3 aromatic rings. The number of unbranched alkanes of at least 4 members (excludes halogenated alkanes) is 1. The predicted molar refractivity (Wildman–Crippen MR) is 122 cm³/mol. The second-order valence-corrected chi connectivity index (χ2v) is 8.61. The van der Waals surface area contributed by atoms with Gasteiger partial charge in [0.05, 0.1) is 6.20 Å². The minimum atomic E-state index is 0.170. The van der Waals surface area contributed by atoms with Crippen molar-refractivity contribution in [3.05, 3.63) is 47.9 Å². The number of nitrogens with one attached hydrogen (secondary N) is 2. The lowest BCUT2D eigenvalue weighted by Gasteiger charge is -2.32. The maximum Gasteiger partial charge on any atom is 0.203 e. The van der Waals surface area contributed by atoms with Crippen molar-refractivity contribution >= 4 is 22.6 Å². The van der Waals surface area contributed by atoms with Crippen LogP contribution in [0.5, 0.6) is 0 Å². The zero-order valence-corrected chi connectivity index (χ0v) is 18.2. The van der Waals surface area contributed by atoms with Crippen LogP contribution in [-0.2, 0) is 6.42 Å². The first-order chi connectivity index (χ1) is 14.6. The quantitative estimate of drug-likeness (QED) is 0.520. The zero-order valence-electron chi connectivity index (χ0n) is 18.2. The molecule has 6 nitrogen and oxygen atoms in total. The number of carbonyl (C=O) groups excluding carboxylic acids is 1. The highest BCUT2D eigenvalue weighted by Gasteiger charge is 2.21. The summed E-state index contributed by atoms with van der Waals surface area (Å²) in [6, 6.07) is 8.40. The molecule has 4 rings (SSSR count). The Morgan fingerprint density at radius 3 is 2.80 bits per heavy atom. The summed E-state index contributed by atoms with van der Waals surface area (Å²) in [7, 11) is 2.14. The Morgan fingerprint density at radius 1 is 1.20 bits per heavy atom. The zero-order chi connectivity index (χ0) is 20.9. The highest BCUT2D eigenvalue weighted by atomic mass is 16.1. The van der Waals surface area contributed by atoms with E-state index in [1.807, 2.05) is 0 Å². The minimum Gasteiger partial charge on any atom is -0.361 e. The fraction of sp³-hybridized carbons (Fsp3) is 0.500. The molecule has 1 aliphatic rings. The van der Waals surface area contributed by atoms with Crippen molar-refractivity contribution in [2.24, 2.45) is 5.92 Å². The Kier molecular flexibility index (Phi) is 6.53. The lowest BCUT2D eigenvalue weighted by atomic mass is 9.89. The van der Waals surface area contributed by atoms with E-state index in [-0.39, 0.29) is 5.78 Å². The summed E-state index contributed by atoms with van der Waals surface area (Å²) in [4.78, 5) is 28.8. The molecule has 2 N–H and O–H groups in total. The number of anilines is 1. The van der Waals surface area contributed by atoms with Gasteiger partial charge >= 0.3 is 0 Å². The summed E-state index contributed by atoms with van der Waals surface area (Å²) in [6.45, 7) is 6.14. The van der Waals surface area contributed by atoms with E-state index in [1.54, 1.807) is 6.20 Å². The van der Waals surface area contributed by atoms with E-state index in [1.165, 1.54) is 16.5 Å². The average molecular weight is 408 g/mol. The number of imidazole rings is 1. The van der Waals surface area contributed by atoms with Crippen molar-refractivity contribution in [1.29, 1.82) is 0 Å². The van der Waals surface area contributed by atoms with Crippen LogP contribution in [0.2, 0.25) is 0 Å². The number of hydrogen-bond acceptors (Lipinski definition) is 4. The Bertz CT molecular complexity index is 967. The van der Waals surface area contributed by atoms with Crippen molar-refractivity contribution < 1.29 is 4.79 Å². The van der Waals surface area contributed by atoms with Gasteiger partial charge in [-0.3, -0.25) is 4.79 Å². The van der Waals surface area contributed by atoms with Crippen molar-refractivity contribution in [3.63, 3.8) is 0 Å². The van der Waals surface area contributed by atoms with Gasteiger partial charge in [-0.15, -0.1) is 0 Å². The molecule has 160 valence electrons. The van der Waals surface area contributed by atoms with E-state index in [2.05, 4.69) is 69.2 Å². The van der Waals surface area contributed by atoms with Crippen molar-refractivity contribution in [1.82, 2.24) is 19.9 Å². The molecule has 2 aromatic heterocycles. The molecule has 1 aliphatic heterocycles. The van der Waals surface area contributed by atoms with Crippen LogP contribution in [0.3, 0.4) is 0 Å². The second-order valence-electron chi connectivity index (χ2n) is 8.61. The van der Waals surface area contributed by atoms with Gasteiger partial charge in [0.25, 0.3) is 0 Å². The molecule has 0 radical (unpaired) electrons. The van der Waals surface area contributed by atoms with Gasteiger partial charge in [0, 0.05) is 49.7 Å². The fourth-order valence-corrected chi connectivity index (χ4v) is 4.38. The van der Waals surface area contributed by atoms with E-state index in [0.717, 1.165) is 57.8 Å². The molecule has 1 fully saturated rings. The molecule has 1 atom stereocenters. The maximum atomic E-state index is 13.1. The molecule has 6 heteroatoms. The molecule has 3 heterocycles. The number of hydrogen-bond donors (Lipinski definition) is 2. The van der Waals surface area contributed by atoms with Gasteiger partial charge < -0.3 is 19.8 Å². The van der Waals surface area contributed by atoms with Gasteiger partial charge in [-0.2, -0.15) is 0 Å². The molecule has 1 saturated heterocycles. The molecule has 0 aliphatic carbocycles. The number of aromatic nitrogens is 3. The molecule has 0 spiro atoms. The molecule has 0 saturated carbocycles. The lowest BCUT2D eigenvalue weighted by molar-refractivity contribution is 0.0953. The molecular formula is C24H33N5O. The number of H-pyrrole nitrogens is 2. The van der Waals surface area contributed by atoms with Gasteiger partial charge in [-0.05, 0) is 37.4 Å². The smallest absolute Gasteiger partial charge is 0.203 e. The van der Waals surface area contributed by atoms with E-state index in [4.69, 9.17) is 0 Å². The molecule has 1 aromatic carbocycles. The number of rotatable bonds is 9. The minimum absolute atomic E-state index is 0.170. The number of ketones is 1. The number of nitrogens with zero attached hydrogens (tertiary/aromatic N) is 3. The number of Topliss-reactive ketones (excluding diaryl/α,β-unsaturated/α-hetero) is 1. The largest absolute Gasteiger partial charge is 0.361 e. The summed E-state index contributed by atoms with van der Waals surface area (Å²) in [6.07, 6.45) is 8.68. The van der Waals surface area contributed by atoms with Crippen LogP contribution in [0.4, 0.5) is 5.95 Å². The van der Waals surface area contributed by atoms with Gasteiger partial charge in [0.1, 0.15) is 5.69 Å². The van der Waals surface area contributed by atoms with Gasteiger partial charge in [0.2, 0.25) is 5.95 Å². The number of carbonyl (C=O) groups is 1. The Hall–Kier alpha value is -2.60. The Balaban J connectivity index is 1.43. The first kappa shape index (κ1) is 20.7. The molecule has 0 bridgehead atoms. The van der Waals surface area contributed by atoms with Gasteiger partial charge in [-0.1, -0.05) is 38.0 Å². The first-order valence-electron chi connectivity index (χ1n) is 11.2. The molecule has 1 unspecified atom stereocenters. The van der Waals surface area contributed by atoms with Gasteiger partial charge in [0.15, 0.2) is 5.78 Å². The summed E-state index contributed by atoms with van der Waals surface area (Å²) in [5.41, 5.74) is 3.12. The predicted octanol–water partition coefficient (Wildman–Crippen LogP) is 4.26. The molecule has 0 amide bonds. The third kappa shape index (κ3) is 4.75. The summed E-state index contributed by atoms with van der Waals surface area (Å²) in [5.74, 6) is 1.34. The summed E-state index contributed by atoms with van der Waals surface area (Å²) in [5, 5.41) is 1.27. The summed E-state index contributed by atoms with van der Waals surface area (Å²) >= 11 is 0. The standard InChI is InChI=1S/C24H33N5O/c1-3-4-7-18(14-19-16-25-21-9-6-5-8-20(19)21)15-23(30)22-17-26-24(27-22)29-12-10-28(2)11-13-29/h5-6,8-9,16-18,25H,3-4,7,10-15H2,1-2H3,(H,26,27). The topological polar surface area (TPSA) is 68.0 Å². The van der Waals surface area contributed by atoms with Crippen molar-refractivity contribution in [2.75, 3.05) is 38.1 Å². The highest BCUT2D eigenvalue weighted by Crippen LogP contribution is 2.26. The lowest BCUT2D eigenvalue weighted by Crippen LogP contribution is -2.44. The Labute approximate surface area is 178 Å². The second kappa shape index (κ2) is 9.47. The third-order valence-corrected chi connectivity index (χ3v) is 6.29. The van der Waals surface area contributed by atoms with Gasteiger partial charge in [-0.25, -0.2) is 4.98 Å². The van der Waals surface area contributed by atoms with Crippen LogP contribution < -0.4 is 4.90 Å². The first-order valence-corrected chi connectivity index (χ1v) is 11.2. The number of benzene rings is 1. The number of piperazine rings is 1. The van der Waals surface area contributed by atoms with Crippen LogP contribution in [0, 0.1) is 5.92 Å². The normalized spacial score (nSPS) is 16.3. The monoisotopic (exact) mass is 407 g/mol. The van der Waals surface area contributed by atoms with Crippen LogP contribution in [0.15, 0.2) is 36.7 Å². The highest BCUT2D eigenvalue weighted by molar-refractivity contribution is 5.94. The molecular weight excluding hydrogens is 374 g/mol. The summed E-state index contributed by atoms with van der Waals surface area (Å²) < 4.78 is 0. The van der Waals surface area contributed by atoms with Crippen LogP contribution in [0.1, 0.15) is 48.7 Å². The third-order valence-electron chi connectivity index (χ3n) is 6.29. The number of fused-ring (bicyclic) bond motifs is 1. The molecule has 30 heavy (non-hydrogen) atoms. The van der Waals surface area contributed by atoms with E-state index in [9.17, 15) is 4.79 Å². The number of para-hydroxylation sites is 1. The number of likely N-dealkylation sites (N-methyl/N-ethyl adjacent to an activating group) is 1. The van der Waals surface area contributed by atoms with Crippen LogP contribution in [-0.4, -0.2) is 58.9 Å². The van der Waals surface area contributed by atoms with Crippen molar-refractivity contribution in [3.8, 4) is 0 Å². The van der Waals surface area contributed by atoms with E-state index >= 15 is 0 Å². The SMILES string of the molecule is CCCCC(CC(=O)c1cnc(N2CCN(C)CC2)[nH]1)Cc1c[nH]c2ccccc12.